The van der Waals surface area contributed by atoms with E-state index in [-0.39, 0.29) is 6.15 Å². The first-order valence-electron chi connectivity index (χ1n) is 0.913. The van der Waals surface area contributed by atoms with Gasteiger partial charge in [0.1, 0.15) is 0 Å². The molecule has 49 valence electrons. The monoisotopic (exact) mass is 180 g/mol. The molecule has 0 aliphatic rings. The van der Waals surface area contributed by atoms with Crippen molar-refractivity contribution in [1.29, 1.82) is 0 Å². The van der Waals surface area contributed by atoms with Gasteiger partial charge in [-0.3, -0.25) is 0 Å². The van der Waals surface area contributed by atoms with Crippen LogP contribution in [0.2, 0.25) is 0 Å². The summed E-state index contributed by atoms with van der Waals surface area (Å²) < 4.78 is 16.7. The van der Waals surface area contributed by atoms with E-state index >= 15 is 0 Å². The number of rotatable bonds is 0. The van der Waals surface area contributed by atoms with Gasteiger partial charge in [0.2, 0.25) is 0 Å². The molecule has 0 saturated heterocycles. The summed E-state index contributed by atoms with van der Waals surface area (Å²) in [5.74, 6) is 0. The standard InChI is InChI=1S/H3N.H3O4P.O.V/c;1-5(2,3)4;;/h1H3;(H3,1,2,3,4);;/q;;;+2/p-2. The Labute approximate surface area is 54.9 Å². The van der Waals surface area contributed by atoms with Crippen LogP contribution in [-0.4, -0.2) is 0 Å². The van der Waals surface area contributed by atoms with Gasteiger partial charge in [0, 0.05) is 0 Å². The summed E-state index contributed by atoms with van der Waals surface area (Å²) in [5, 5.41) is 0. The molecule has 0 amide bonds. The molecule has 0 spiro atoms. The minimum atomic E-state index is -5.39. The molecular weight excluding hydrogens is 176 g/mol. The van der Waals surface area contributed by atoms with Gasteiger partial charge < -0.3 is 25.4 Å². The van der Waals surface area contributed by atoms with E-state index in [1.807, 2.05) is 0 Å². The summed E-state index contributed by atoms with van der Waals surface area (Å²) in [5.41, 5.74) is 0. The fraction of sp³-hybridized carbons (Fsp3) is 0. The van der Waals surface area contributed by atoms with Crippen LogP contribution in [-0.2, 0) is 25.6 Å². The second-order valence-corrected chi connectivity index (χ2v) is 1.34. The number of quaternary nitrogens is 1. The van der Waals surface area contributed by atoms with Gasteiger partial charge in [-0.1, -0.05) is 0 Å². The van der Waals surface area contributed by atoms with E-state index in [0.717, 1.165) is 17.4 Å². The molecule has 0 aliphatic heterocycles. The molecule has 8 heteroatoms. The molecule has 0 rings (SSSR count). The average Bonchev–Trinajstić information content (AvgIpc) is 1.36. The quantitative estimate of drug-likeness (QED) is 0.408. The maximum atomic E-state index is 8.55. The van der Waals surface area contributed by atoms with Crippen molar-refractivity contribution in [3.63, 3.8) is 0 Å². The van der Waals surface area contributed by atoms with E-state index in [1.165, 1.54) is 0 Å². The Balaban J connectivity index is -0.0000000750. The second kappa shape index (κ2) is 7.45. The molecule has 0 aromatic rings. The van der Waals surface area contributed by atoms with Crippen LogP contribution >= 0.6 is 7.82 Å². The van der Waals surface area contributed by atoms with E-state index in [9.17, 15) is 0 Å². The molecule has 0 saturated carbocycles. The molecular formula is H4NO5PV. The van der Waals surface area contributed by atoms with Crippen LogP contribution in [0.3, 0.4) is 0 Å². The van der Waals surface area contributed by atoms with Gasteiger partial charge in [0.05, 0.1) is 0 Å². The van der Waals surface area contributed by atoms with Gasteiger partial charge in [-0.2, -0.15) is 7.82 Å². The van der Waals surface area contributed by atoms with Crippen LogP contribution in [0.15, 0.2) is 0 Å². The third kappa shape index (κ3) is 930. The van der Waals surface area contributed by atoms with Crippen LogP contribution in [0.4, 0.5) is 0 Å². The molecule has 0 bridgehead atoms. The number of phosphoric acid groups is 1. The summed E-state index contributed by atoms with van der Waals surface area (Å²) in [7, 11) is -5.39. The molecule has 0 aromatic carbocycles. The fourth-order valence-corrected chi connectivity index (χ4v) is 0. The topological polar surface area (TPSA) is 140 Å². The Hall–Kier alpha value is 0.454. The van der Waals surface area contributed by atoms with Crippen molar-refractivity contribution in [1.82, 2.24) is 6.15 Å². The van der Waals surface area contributed by atoms with Gasteiger partial charge in [0.25, 0.3) is 0 Å². The molecule has 0 heterocycles. The Morgan fingerprint density at radius 1 is 1.12 bits per heavy atom. The third-order valence-electron chi connectivity index (χ3n) is 0. The first-order chi connectivity index (χ1) is 3.00. The molecule has 0 aliphatic carbocycles. The molecule has 0 unspecified atom stereocenters. The first kappa shape index (κ1) is 15.8. The number of hydrogen-bond acceptors (Lipinski definition) is 5. The Kier molecular flexibility index (Phi) is 14.7. The van der Waals surface area contributed by atoms with Crippen molar-refractivity contribution in [2.24, 2.45) is 0 Å². The van der Waals surface area contributed by atoms with Gasteiger partial charge in [-0.25, -0.2) is 0 Å². The molecule has 8 heavy (non-hydrogen) atoms. The zero-order chi connectivity index (χ0) is 6.50. The summed E-state index contributed by atoms with van der Waals surface area (Å²) >= 11 is 1.06. The molecule has 0 atom stereocenters. The summed E-state index contributed by atoms with van der Waals surface area (Å²) in [6, 6.07) is 0. The second-order valence-electron chi connectivity index (χ2n) is 0.447. The van der Waals surface area contributed by atoms with Crippen LogP contribution in [0.25, 0.3) is 0 Å². The van der Waals surface area contributed by atoms with Crippen LogP contribution in [0, 0.1) is 0 Å². The summed E-state index contributed by atoms with van der Waals surface area (Å²) in [6.07, 6.45) is 0. The molecule has 6 nitrogen and oxygen atoms in total. The molecule has 0 aromatic heterocycles. The third-order valence-corrected chi connectivity index (χ3v) is 0. The normalized spacial score (nSPS) is 8.12. The van der Waals surface area contributed by atoms with E-state index < -0.39 is 7.82 Å². The maximum absolute atomic E-state index is 8.55. The molecule has 0 fully saturated rings. The summed E-state index contributed by atoms with van der Waals surface area (Å²) in [6.45, 7) is 0. The van der Waals surface area contributed by atoms with Crippen molar-refractivity contribution in [3.8, 4) is 0 Å². The summed E-state index contributed by atoms with van der Waals surface area (Å²) in [4.78, 5) is 25.6. The predicted molar refractivity (Wildman–Crippen MR) is 14.3 cm³/mol. The van der Waals surface area contributed by atoms with Gasteiger partial charge in [-0.15, -0.1) is 0 Å². The van der Waals surface area contributed by atoms with Crippen molar-refractivity contribution < 1.29 is 40.3 Å². The SMILES string of the molecule is O=P([O-])([O-])[O-].[NH4+].[O]=[V+2]. The van der Waals surface area contributed by atoms with E-state index in [0.29, 0.717) is 0 Å². The van der Waals surface area contributed by atoms with Gasteiger partial charge >= 0.3 is 21.0 Å². The fourth-order valence-electron chi connectivity index (χ4n) is 0. The van der Waals surface area contributed by atoms with Gasteiger partial charge in [-0.05, 0) is 0 Å². The molecule has 0 radical (unpaired) electrons. The number of hydrogen-bond donors (Lipinski definition) is 1. The Morgan fingerprint density at radius 2 is 1.12 bits per heavy atom. The van der Waals surface area contributed by atoms with Crippen molar-refractivity contribution in [2.75, 3.05) is 0 Å². The Morgan fingerprint density at radius 3 is 1.12 bits per heavy atom. The predicted octanol–water partition coefficient (Wildman–Crippen LogP) is -2.57. The van der Waals surface area contributed by atoms with Crippen molar-refractivity contribution in [2.45, 2.75) is 0 Å². The van der Waals surface area contributed by atoms with E-state index in [4.69, 9.17) is 22.9 Å². The van der Waals surface area contributed by atoms with E-state index in [1.54, 1.807) is 0 Å². The average molecular weight is 180 g/mol. The minimum absolute atomic E-state index is 0. The Bertz CT molecular complexity index is 68.2. The van der Waals surface area contributed by atoms with Crippen LogP contribution in [0.5, 0.6) is 0 Å². The van der Waals surface area contributed by atoms with Gasteiger partial charge in [0.15, 0.2) is 0 Å². The molecule has 4 N–H and O–H groups in total. The van der Waals surface area contributed by atoms with Crippen LogP contribution in [0.1, 0.15) is 0 Å². The first-order valence-corrected chi connectivity index (χ1v) is 2.94. The van der Waals surface area contributed by atoms with Crippen molar-refractivity contribution in [3.05, 3.63) is 0 Å². The van der Waals surface area contributed by atoms with E-state index in [2.05, 4.69) is 0 Å². The van der Waals surface area contributed by atoms with Crippen LogP contribution < -0.4 is 20.8 Å². The zero-order valence-electron chi connectivity index (χ0n) is 3.94. The zero-order valence-corrected chi connectivity index (χ0v) is 6.23. The van der Waals surface area contributed by atoms with Crippen molar-refractivity contribution >= 4 is 7.82 Å².